The summed E-state index contributed by atoms with van der Waals surface area (Å²) in [7, 11) is 0. The van der Waals surface area contributed by atoms with Gasteiger partial charge in [0.05, 0.1) is 27.7 Å². The van der Waals surface area contributed by atoms with Crippen LogP contribution in [-0.2, 0) is 37.6 Å². The van der Waals surface area contributed by atoms with E-state index in [-0.39, 0.29) is 59.6 Å². The summed E-state index contributed by atoms with van der Waals surface area (Å²) < 4.78 is 40.6. The first-order valence-corrected chi connectivity index (χ1v) is 13.4. The standard InChI is InChI=1S/C30H25Cl2F3N7O3.Y/c1-5-12-21(6-2)42(22-13-9-8-10-14-22)45-40-38-28(43)23-18-20(31)17-19(4)26(23)37-29(44)41(27-24(32)15-11-16-36-27)39-25(7-3)30(33,34)35;/h5-18H,1-3H2,4H3,(H2,37,38,43,44);/q-1;/b21-12+,39-25+;. The van der Waals surface area contributed by atoms with Gasteiger partial charge in [0.25, 0.3) is 0 Å². The second-order valence-electron chi connectivity index (χ2n) is 8.66. The zero-order chi connectivity index (χ0) is 33.1. The van der Waals surface area contributed by atoms with Crippen LogP contribution in [0, 0.1) is 6.92 Å². The van der Waals surface area contributed by atoms with Crippen molar-refractivity contribution in [3.8, 4) is 0 Å². The van der Waals surface area contributed by atoms with Gasteiger partial charge in [0, 0.05) is 43.9 Å². The topological polar surface area (TPSA) is 113 Å². The van der Waals surface area contributed by atoms with Gasteiger partial charge in [-0.3, -0.25) is 4.79 Å². The molecule has 0 atom stereocenters. The minimum absolute atomic E-state index is 0. The summed E-state index contributed by atoms with van der Waals surface area (Å²) in [5.74, 6) is -1.32. The summed E-state index contributed by atoms with van der Waals surface area (Å²) >= 11 is 12.3. The number of carbonyl (C=O) groups excluding carboxylic acids is 2. The summed E-state index contributed by atoms with van der Waals surface area (Å²) in [6.45, 7) is 12.0. The number of anilines is 3. The third-order valence-corrected chi connectivity index (χ3v) is 6.11. The van der Waals surface area contributed by atoms with Crippen LogP contribution < -0.4 is 20.8 Å². The number of aromatic nitrogens is 1. The Balaban J connectivity index is 0.00000736. The predicted octanol–water partition coefficient (Wildman–Crippen LogP) is 8.46. The van der Waals surface area contributed by atoms with Gasteiger partial charge in [-0.05, 0) is 67.1 Å². The number of rotatable bonds is 12. The van der Waals surface area contributed by atoms with Gasteiger partial charge in [-0.1, -0.05) is 67.2 Å². The van der Waals surface area contributed by atoms with Crippen molar-refractivity contribution in [2.24, 2.45) is 5.10 Å². The molecule has 46 heavy (non-hydrogen) atoms. The first kappa shape index (κ1) is 38.3. The fourth-order valence-electron chi connectivity index (χ4n) is 3.60. The number of nitrogens with one attached hydrogen (secondary N) is 2. The molecule has 1 heterocycles. The Labute approximate surface area is 298 Å². The molecule has 0 saturated carbocycles. The van der Waals surface area contributed by atoms with Gasteiger partial charge in [-0.15, -0.1) is 0 Å². The molecule has 2 N–H and O–H groups in total. The zero-order valence-corrected chi connectivity index (χ0v) is 28.5. The van der Waals surface area contributed by atoms with Crippen LogP contribution in [0.25, 0.3) is 5.59 Å². The molecule has 1 aromatic heterocycles. The van der Waals surface area contributed by atoms with Crippen molar-refractivity contribution in [2.75, 3.05) is 15.4 Å². The number of urea groups is 1. The molecule has 0 fully saturated rings. The van der Waals surface area contributed by atoms with Crippen LogP contribution in [0.15, 0.2) is 116 Å². The number of halogens is 5. The Bertz CT molecular complexity index is 1650. The van der Waals surface area contributed by atoms with Crippen molar-refractivity contribution in [1.29, 1.82) is 0 Å². The van der Waals surface area contributed by atoms with Gasteiger partial charge in [0.15, 0.2) is 11.5 Å². The van der Waals surface area contributed by atoms with Gasteiger partial charge in [0.1, 0.15) is 0 Å². The first-order chi connectivity index (χ1) is 21.4. The van der Waals surface area contributed by atoms with Gasteiger partial charge in [-0.2, -0.15) is 23.3 Å². The fraction of sp³-hybridized carbons (Fsp3) is 0.0667. The van der Waals surface area contributed by atoms with E-state index in [4.69, 9.17) is 28.1 Å². The maximum absolute atomic E-state index is 13.5. The van der Waals surface area contributed by atoms with Crippen LogP contribution in [0.4, 0.5) is 35.2 Å². The van der Waals surface area contributed by atoms with Gasteiger partial charge in [0.2, 0.25) is 5.91 Å². The number of allylic oxidation sites excluding steroid dienone is 4. The number of alkyl halides is 3. The fourth-order valence-corrected chi connectivity index (χ4v) is 4.07. The molecule has 0 aliphatic rings. The number of carbonyl (C=O) groups is 2. The average Bonchev–Trinajstić information content (AvgIpc) is 3.00. The Kier molecular flexibility index (Phi) is 14.8. The van der Waals surface area contributed by atoms with E-state index >= 15 is 0 Å². The predicted molar refractivity (Wildman–Crippen MR) is 170 cm³/mol. The molecule has 2 aromatic carbocycles. The monoisotopic (exact) mass is 747 g/mol. The number of hydroxylamine groups is 1. The van der Waals surface area contributed by atoms with E-state index in [0.29, 0.717) is 22.5 Å². The summed E-state index contributed by atoms with van der Waals surface area (Å²) in [5, 5.41) is 7.29. The number of hydrogen-bond donors (Lipinski definition) is 2. The normalized spacial score (nSPS) is 11.5. The van der Waals surface area contributed by atoms with E-state index in [2.05, 4.69) is 46.2 Å². The summed E-state index contributed by atoms with van der Waals surface area (Å²) in [5.41, 5.74) is 5.26. The molecule has 0 bridgehead atoms. The maximum atomic E-state index is 13.5. The number of benzene rings is 2. The van der Waals surface area contributed by atoms with Crippen molar-refractivity contribution < 1.29 is 60.4 Å². The second-order valence-corrected chi connectivity index (χ2v) is 9.50. The quantitative estimate of drug-likeness (QED) is 0.110. The van der Waals surface area contributed by atoms with Crippen molar-refractivity contribution in [3.63, 3.8) is 0 Å². The number of hydrazone groups is 1. The number of hydrogen-bond acceptors (Lipinski definition) is 6. The summed E-state index contributed by atoms with van der Waals surface area (Å²) in [6.07, 6.45) is 1.21. The van der Waals surface area contributed by atoms with E-state index in [9.17, 15) is 22.8 Å². The zero-order valence-electron chi connectivity index (χ0n) is 24.1. The van der Waals surface area contributed by atoms with Gasteiger partial charge in [-0.25, -0.2) is 14.8 Å². The van der Waals surface area contributed by atoms with Crippen LogP contribution in [-0.4, -0.2) is 28.8 Å². The number of amides is 3. The Morgan fingerprint density at radius 2 is 1.76 bits per heavy atom. The third-order valence-electron chi connectivity index (χ3n) is 5.59. The Morgan fingerprint density at radius 1 is 1.07 bits per heavy atom. The minimum atomic E-state index is -4.97. The molecule has 0 saturated heterocycles. The second kappa shape index (κ2) is 17.7. The van der Waals surface area contributed by atoms with Crippen LogP contribution in [0.2, 0.25) is 10.0 Å². The van der Waals surface area contributed by atoms with Crippen molar-refractivity contribution in [3.05, 3.63) is 137 Å². The smallest absolute Gasteiger partial charge is 0.427 e. The minimum Gasteiger partial charge on any atom is -0.427 e. The van der Waals surface area contributed by atoms with E-state index in [1.54, 1.807) is 36.4 Å². The summed E-state index contributed by atoms with van der Waals surface area (Å²) in [6, 6.07) is 12.8. The number of pyridine rings is 1. The van der Waals surface area contributed by atoms with Crippen LogP contribution >= 0.6 is 23.2 Å². The molecule has 0 aliphatic heterocycles. The molecule has 0 unspecified atom stereocenters. The molecule has 0 spiro atoms. The van der Waals surface area contributed by atoms with Crippen LogP contribution in [0.5, 0.6) is 0 Å². The van der Waals surface area contributed by atoms with Gasteiger partial charge < -0.3 is 21.3 Å². The molecule has 237 valence electrons. The Hall–Kier alpha value is -3.85. The van der Waals surface area contributed by atoms with Crippen molar-refractivity contribution in [2.45, 2.75) is 13.1 Å². The molecule has 16 heteroatoms. The Morgan fingerprint density at radius 3 is 2.35 bits per heavy atom. The van der Waals surface area contributed by atoms with Crippen molar-refractivity contribution >= 4 is 58.0 Å². The SMILES string of the molecule is C=C/C=C(\C=C)N(O[N-]NC(=O)c1cc(Cl)cc(C)c1NC(=O)N(/N=C(\C=C)C(F)(F)F)c1ncccc1Cl)c1ccccc1.[Y]. The largest absolute Gasteiger partial charge is 0.435 e. The number of para-hydroxylation sites is 1. The van der Waals surface area contributed by atoms with Crippen molar-refractivity contribution in [1.82, 2.24) is 10.4 Å². The molecular formula is C30H25Cl2F3N7O3Y-. The maximum Gasteiger partial charge on any atom is 0.435 e. The molecular weight excluding hydrogens is 723 g/mol. The molecule has 3 rings (SSSR count). The average molecular weight is 748 g/mol. The molecule has 3 aromatic rings. The first-order valence-electron chi connectivity index (χ1n) is 12.7. The van der Waals surface area contributed by atoms with Crippen LogP contribution in [0.3, 0.4) is 0 Å². The van der Waals surface area contributed by atoms with Gasteiger partial charge >= 0.3 is 12.2 Å². The van der Waals surface area contributed by atoms with Crippen LogP contribution in [0.1, 0.15) is 15.9 Å². The molecule has 3 amide bonds. The summed E-state index contributed by atoms with van der Waals surface area (Å²) in [4.78, 5) is 36.1. The number of nitrogens with zero attached hydrogens (tertiary/aromatic N) is 5. The number of aryl methyl sites for hydroxylation is 1. The van der Waals surface area contributed by atoms with E-state index in [1.165, 1.54) is 54.6 Å². The van der Waals surface area contributed by atoms with E-state index in [0.717, 1.165) is 0 Å². The molecule has 10 nitrogen and oxygen atoms in total. The van der Waals surface area contributed by atoms with E-state index < -0.39 is 29.6 Å². The third kappa shape index (κ3) is 10.1. The van der Waals surface area contributed by atoms with E-state index in [1.807, 2.05) is 0 Å². The molecule has 1 radical (unpaired) electrons. The molecule has 0 aliphatic carbocycles.